The van der Waals surface area contributed by atoms with Crippen molar-refractivity contribution in [2.75, 3.05) is 11.9 Å². The first-order chi connectivity index (χ1) is 6.92. The molecule has 0 aromatic heterocycles. The van der Waals surface area contributed by atoms with Crippen LogP contribution in [0.5, 0.6) is 0 Å². The molecule has 0 spiro atoms. The van der Waals surface area contributed by atoms with Crippen LogP contribution in [0, 0.1) is 0 Å². The van der Waals surface area contributed by atoms with Gasteiger partial charge in [-0.25, -0.2) is 0 Å². The summed E-state index contributed by atoms with van der Waals surface area (Å²) in [5.41, 5.74) is 3.85. The quantitative estimate of drug-likeness (QED) is 0.779. The van der Waals surface area contributed by atoms with Crippen LogP contribution < -0.4 is 5.32 Å². The van der Waals surface area contributed by atoms with Gasteiger partial charge in [-0.1, -0.05) is 19.1 Å². The van der Waals surface area contributed by atoms with Gasteiger partial charge in [0.1, 0.15) is 0 Å². The van der Waals surface area contributed by atoms with Crippen LogP contribution >= 0.6 is 0 Å². The van der Waals surface area contributed by atoms with Gasteiger partial charge in [-0.15, -0.1) is 0 Å². The highest BCUT2D eigenvalue weighted by atomic mass is 15.1. The minimum atomic E-state index is 0.724. The maximum absolute atomic E-state index is 4.07. The molecule has 0 fully saturated rings. The summed E-state index contributed by atoms with van der Waals surface area (Å²) in [4.78, 5) is 0. The number of fused-ring (bicyclic) bond motifs is 1. The molecule has 0 atom stereocenters. The van der Waals surface area contributed by atoms with Gasteiger partial charge in [0.2, 0.25) is 0 Å². The molecule has 1 aliphatic heterocycles. The zero-order chi connectivity index (χ0) is 9.80. The minimum Gasteiger partial charge on any atom is -0.385 e. The fourth-order valence-electron chi connectivity index (χ4n) is 1.64. The van der Waals surface area contributed by atoms with Gasteiger partial charge in [0.05, 0.1) is 13.1 Å². The molecule has 1 aromatic rings. The third-order valence-electron chi connectivity index (χ3n) is 2.41. The lowest BCUT2D eigenvalue weighted by molar-refractivity contribution is 0.789. The average Bonchev–Trinajstić information content (AvgIpc) is 2.26. The third-order valence-corrected chi connectivity index (χ3v) is 2.41. The number of azo groups is 1. The Morgan fingerprint density at radius 1 is 1.29 bits per heavy atom. The smallest absolute Gasteiger partial charge is 0.0872 e. The molecule has 74 valence electrons. The van der Waals surface area contributed by atoms with Crippen molar-refractivity contribution in [2.24, 2.45) is 10.2 Å². The number of nitrogens with zero attached hydrogens (tertiary/aromatic N) is 2. The number of rotatable bonds is 3. The maximum atomic E-state index is 4.07. The van der Waals surface area contributed by atoms with Gasteiger partial charge in [-0.2, -0.15) is 10.2 Å². The zero-order valence-electron chi connectivity index (χ0n) is 8.45. The average molecular weight is 189 g/mol. The van der Waals surface area contributed by atoms with E-state index in [0.29, 0.717) is 0 Å². The first kappa shape index (κ1) is 9.19. The highest BCUT2D eigenvalue weighted by Gasteiger charge is 2.09. The molecule has 1 heterocycles. The molecular weight excluding hydrogens is 174 g/mol. The van der Waals surface area contributed by atoms with Crippen molar-refractivity contribution < 1.29 is 0 Å². The number of benzene rings is 1. The summed E-state index contributed by atoms with van der Waals surface area (Å²) in [6, 6.07) is 6.33. The summed E-state index contributed by atoms with van der Waals surface area (Å²) in [6.07, 6.45) is 1.14. The summed E-state index contributed by atoms with van der Waals surface area (Å²) in [5, 5.41) is 11.5. The molecule has 2 rings (SSSR count). The molecule has 0 radical (unpaired) electrons. The predicted molar refractivity (Wildman–Crippen MR) is 57.5 cm³/mol. The zero-order valence-corrected chi connectivity index (χ0v) is 8.45. The standard InChI is InChI=1S/C11H15N3/c1-2-6-12-11-5-3-4-9-7-13-14-8-10(9)11/h3-5,12H,2,6-8H2,1H3. The number of hydrogen-bond acceptors (Lipinski definition) is 3. The van der Waals surface area contributed by atoms with E-state index in [2.05, 4.69) is 40.7 Å². The lowest BCUT2D eigenvalue weighted by Gasteiger charge is -2.15. The van der Waals surface area contributed by atoms with Gasteiger partial charge in [0.15, 0.2) is 0 Å². The maximum Gasteiger partial charge on any atom is 0.0872 e. The van der Waals surface area contributed by atoms with Crippen molar-refractivity contribution in [2.45, 2.75) is 26.4 Å². The number of hydrogen-bond donors (Lipinski definition) is 1. The molecule has 1 aliphatic rings. The molecular formula is C11H15N3. The summed E-state index contributed by atoms with van der Waals surface area (Å²) in [6.45, 7) is 4.65. The van der Waals surface area contributed by atoms with Crippen LogP contribution in [-0.2, 0) is 13.1 Å². The number of nitrogens with one attached hydrogen (secondary N) is 1. The Balaban J connectivity index is 2.24. The van der Waals surface area contributed by atoms with Crippen molar-refractivity contribution in [3.05, 3.63) is 29.3 Å². The second-order valence-electron chi connectivity index (χ2n) is 3.47. The molecule has 3 heteroatoms. The van der Waals surface area contributed by atoms with Gasteiger partial charge in [-0.3, -0.25) is 0 Å². The van der Waals surface area contributed by atoms with Gasteiger partial charge in [0.25, 0.3) is 0 Å². The highest BCUT2D eigenvalue weighted by Crippen LogP contribution is 2.24. The Morgan fingerprint density at radius 2 is 2.14 bits per heavy atom. The van der Waals surface area contributed by atoms with E-state index in [1.807, 2.05) is 0 Å². The Bertz CT molecular complexity index is 344. The van der Waals surface area contributed by atoms with E-state index in [4.69, 9.17) is 0 Å². The van der Waals surface area contributed by atoms with E-state index in [-0.39, 0.29) is 0 Å². The lowest BCUT2D eigenvalue weighted by atomic mass is 10.0. The molecule has 0 bridgehead atoms. The molecule has 14 heavy (non-hydrogen) atoms. The van der Waals surface area contributed by atoms with Crippen LogP contribution in [0.1, 0.15) is 24.5 Å². The Labute approximate surface area is 84.2 Å². The van der Waals surface area contributed by atoms with Crippen molar-refractivity contribution in [3.63, 3.8) is 0 Å². The van der Waals surface area contributed by atoms with Crippen LogP contribution in [0.15, 0.2) is 28.4 Å². The van der Waals surface area contributed by atoms with E-state index in [9.17, 15) is 0 Å². The number of anilines is 1. The molecule has 3 nitrogen and oxygen atoms in total. The van der Waals surface area contributed by atoms with Crippen LogP contribution in [-0.4, -0.2) is 6.54 Å². The monoisotopic (exact) mass is 189 g/mol. The largest absolute Gasteiger partial charge is 0.385 e. The summed E-state index contributed by atoms with van der Waals surface area (Å²) in [7, 11) is 0. The first-order valence-corrected chi connectivity index (χ1v) is 5.09. The molecule has 1 aromatic carbocycles. The highest BCUT2D eigenvalue weighted by molar-refractivity contribution is 5.55. The van der Waals surface area contributed by atoms with Crippen LogP contribution in [0.4, 0.5) is 5.69 Å². The first-order valence-electron chi connectivity index (χ1n) is 5.09. The molecule has 0 unspecified atom stereocenters. The fourth-order valence-corrected chi connectivity index (χ4v) is 1.64. The summed E-state index contributed by atoms with van der Waals surface area (Å²) in [5.74, 6) is 0. The minimum absolute atomic E-state index is 0.724. The van der Waals surface area contributed by atoms with E-state index in [0.717, 1.165) is 26.1 Å². The Hall–Kier alpha value is -1.38. The van der Waals surface area contributed by atoms with E-state index in [1.54, 1.807) is 0 Å². The van der Waals surface area contributed by atoms with E-state index < -0.39 is 0 Å². The van der Waals surface area contributed by atoms with Crippen molar-refractivity contribution in [1.29, 1.82) is 0 Å². The Morgan fingerprint density at radius 3 is 3.00 bits per heavy atom. The molecule has 0 aliphatic carbocycles. The third kappa shape index (κ3) is 1.76. The summed E-state index contributed by atoms with van der Waals surface area (Å²) >= 11 is 0. The van der Waals surface area contributed by atoms with Gasteiger partial charge >= 0.3 is 0 Å². The van der Waals surface area contributed by atoms with Crippen LogP contribution in [0.2, 0.25) is 0 Å². The van der Waals surface area contributed by atoms with Gasteiger partial charge in [0, 0.05) is 17.8 Å². The molecule has 0 amide bonds. The molecule has 1 N–H and O–H groups in total. The van der Waals surface area contributed by atoms with Crippen LogP contribution in [0.3, 0.4) is 0 Å². The topological polar surface area (TPSA) is 36.8 Å². The van der Waals surface area contributed by atoms with Gasteiger partial charge in [-0.05, 0) is 18.1 Å². The van der Waals surface area contributed by atoms with Crippen molar-refractivity contribution in [3.8, 4) is 0 Å². The predicted octanol–water partition coefficient (Wildman–Crippen LogP) is 2.97. The second-order valence-corrected chi connectivity index (χ2v) is 3.47. The van der Waals surface area contributed by atoms with Crippen molar-refractivity contribution >= 4 is 5.69 Å². The molecule has 0 saturated heterocycles. The van der Waals surface area contributed by atoms with E-state index >= 15 is 0 Å². The second kappa shape index (κ2) is 4.22. The van der Waals surface area contributed by atoms with Gasteiger partial charge < -0.3 is 5.32 Å². The Kier molecular flexibility index (Phi) is 2.77. The van der Waals surface area contributed by atoms with Crippen LogP contribution in [0.25, 0.3) is 0 Å². The normalized spacial score (nSPS) is 13.8. The fraction of sp³-hybridized carbons (Fsp3) is 0.455. The van der Waals surface area contributed by atoms with E-state index in [1.165, 1.54) is 16.8 Å². The van der Waals surface area contributed by atoms with Crippen molar-refractivity contribution in [1.82, 2.24) is 0 Å². The summed E-state index contributed by atoms with van der Waals surface area (Å²) < 4.78 is 0. The molecule has 0 saturated carbocycles. The SMILES string of the molecule is CCCNc1cccc2c1CN=NC2. The lowest BCUT2D eigenvalue weighted by Crippen LogP contribution is -2.06.